The molecule has 1 atom stereocenters. The number of hydrogen-bond donors (Lipinski definition) is 0. The highest BCUT2D eigenvalue weighted by Gasteiger charge is 2.38. The molecule has 0 saturated carbocycles. The number of ether oxygens (including phenoxy) is 2. The van der Waals surface area contributed by atoms with Crippen LogP contribution >= 0.6 is 11.8 Å². The standard InChI is InChI=1S/C15H14O4S/c1-8(16)19-15-14-10(11(17)7-20-15)6-9-4-3-5-12(18-2)13(9)14/h3-5,15H,6-7H2,1-2H3. The number of methoxy groups -OCH3 is 1. The summed E-state index contributed by atoms with van der Waals surface area (Å²) in [7, 11) is 1.60. The lowest BCUT2D eigenvalue weighted by molar-refractivity contribution is -0.140. The Balaban J connectivity index is 2.13. The van der Waals surface area contributed by atoms with Crippen LogP contribution in [0.2, 0.25) is 0 Å². The van der Waals surface area contributed by atoms with Gasteiger partial charge >= 0.3 is 5.97 Å². The molecule has 0 spiro atoms. The first-order valence-corrected chi connectivity index (χ1v) is 7.38. The Labute approximate surface area is 121 Å². The fraction of sp³-hybridized carbons (Fsp3) is 0.333. The summed E-state index contributed by atoms with van der Waals surface area (Å²) in [6.45, 7) is 1.38. The molecule has 1 heterocycles. The van der Waals surface area contributed by atoms with Crippen molar-refractivity contribution in [3.8, 4) is 5.75 Å². The second-order valence-electron chi connectivity index (χ2n) is 4.74. The highest BCUT2D eigenvalue weighted by atomic mass is 32.2. The Bertz CT molecular complexity index is 633. The Morgan fingerprint density at radius 1 is 1.40 bits per heavy atom. The van der Waals surface area contributed by atoms with Crippen LogP contribution in [0.4, 0.5) is 0 Å². The van der Waals surface area contributed by atoms with Crippen LogP contribution in [0, 0.1) is 0 Å². The maximum absolute atomic E-state index is 12.1. The number of esters is 1. The van der Waals surface area contributed by atoms with E-state index in [0.717, 1.165) is 28.0 Å². The molecule has 0 N–H and O–H groups in total. The van der Waals surface area contributed by atoms with Crippen molar-refractivity contribution in [1.29, 1.82) is 0 Å². The summed E-state index contributed by atoms with van der Waals surface area (Å²) in [6.07, 6.45) is 0.596. The van der Waals surface area contributed by atoms with Gasteiger partial charge in [0.05, 0.1) is 12.9 Å². The molecular formula is C15H14O4S. The van der Waals surface area contributed by atoms with E-state index in [-0.39, 0.29) is 11.8 Å². The summed E-state index contributed by atoms with van der Waals surface area (Å²) in [6, 6.07) is 5.76. The molecule has 5 heteroatoms. The molecule has 0 amide bonds. The van der Waals surface area contributed by atoms with E-state index in [1.807, 2.05) is 18.2 Å². The summed E-state index contributed by atoms with van der Waals surface area (Å²) in [5, 5.41) is 0. The first kappa shape index (κ1) is 13.2. The summed E-state index contributed by atoms with van der Waals surface area (Å²) in [5.41, 5.74) is 3.13. The van der Waals surface area contributed by atoms with Crippen molar-refractivity contribution in [3.63, 3.8) is 0 Å². The zero-order valence-corrected chi connectivity index (χ0v) is 12.1. The third-order valence-electron chi connectivity index (χ3n) is 3.51. The normalized spacial score (nSPS) is 20.5. The van der Waals surface area contributed by atoms with Crippen molar-refractivity contribution < 1.29 is 19.1 Å². The first-order chi connectivity index (χ1) is 9.61. The van der Waals surface area contributed by atoms with Gasteiger partial charge in [0, 0.05) is 30.1 Å². The maximum Gasteiger partial charge on any atom is 0.304 e. The molecule has 0 aromatic heterocycles. The zero-order valence-electron chi connectivity index (χ0n) is 11.3. The number of hydrogen-bond acceptors (Lipinski definition) is 5. The fourth-order valence-corrected chi connectivity index (χ4v) is 3.82. The van der Waals surface area contributed by atoms with Gasteiger partial charge in [0.2, 0.25) is 0 Å². The van der Waals surface area contributed by atoms with Crippen LogP contribution in [0.1, 0.15) is 18.1 Å². The predicted octanol–water partition coefficient (Wildman–Crippen LogP) is 2.21. The number of rotatable bonds is 2. The molecule has 2 aliphatic rings. The third kappa shape index (κ3) is 2.02. The molecule has 3 rings (SSSR count). The Hall–Kier alpha value is -1.75. The number of carbonyl (C=O) groups is 2. The highest BCUT2D eigenvalue weighted by molar-refractivity contribution is 8.01. The Morgan fingerprint density at radius 2 is 2.20 bits per heavy atom. The van der Waals surface area contributed by atoms with Crippen molar-refractivity contribution in [1.82, 2.24) is 0 Å². The van der Waals surface area contributed by atoms with E-state index in [1.54, 1.807) is 7.11 Å². The van der Waals surface area contributed by atoms with Crippen LogP contribution in [-0.4, -0.2) is 30.1 Å². The second-order valence-corrected chi connectivity index (χ2v) is 5.79. The largest absolute Gasteiger partial charge is 0.496 e. The number of fused-ring (bicyclic) bond motifs is 2. The van der Waals surface area contributed by atoms with Crippen LogP contribution < -0.4 is 4.74 Å². The van der Waals surface area contributed by atoms with Crippen molar-refractivity contribution in [3.05, 3.63) is 34.9 Å². The Morgan fingerprint density at radius 3 is 2.90 bits per heavy atom. The molecule has 0 saturated heterocycles. The summed E-state index contributed by atoms with van der Waals surface area (Å²) in [4.78, 5) is 23.4. The van der Waals surface area contributed by atoms with E-state index >= 15 is 0 Å². The summed E-state index contributed by atoms with van der Waals surface area (Å²) < 4.78 is 10.8. The maximum atomic E-state index is 12.1. The molecule has 104 valence electrons. The molecular weight excluding hydrogens is 276 g/mol. The molecule has 1 unspecified atom stereocenters. The van der Waals surface area contributed by atoms with E-state index in [2.05, 4.69) is 0 Å². The second kappa shape index (κ2) is 4.98. The molecule has 4 nitrogen and oxygen atoms in total. The summed E-state index contributed by atoms with van der Waals surface area (Å²) in [5.74, 6) is 0.853. The number of carbonyl (C=O) groups excluding carboxylic acids is 2. The van der Waals surface area contributed by atoms with Crippen LogP contribution in [0.15, 0.2) is 23.8 Å². The molecule has 1 aromatic rings. The smallest absolute Gasteiger partial charge is 0.304 e. The molecule has 1 aliphatic carbocycles. The topological polar surface area (TPSA) is 52.6 Å². The lowest BCUT2D eigenvalue weighted by atomic mass is 10.0. The highest BCUT2D eigenvalue weighted by Crippen LogP contribution is 2.47. The minimum atomic E-state index is -0.419. The molecule has 20 heavy (non-hydrogen) atoms. The molecule has 0 fully saturated rings. The minimum absolute atomic E-state index is 0.117. The van der Waals surface area contributed by atoms with Crippen molar-refractivity contribution in [2.75, 3.05) is 12.9 Å². The van der Waals surface area contributed by atoms with Gasteiger partial charge in [0.25, 0.3) is 0 Å². The van der Waals surface area contributed by atoms with E-state index in [1.165, 1.54) is 18.7 Å². The van der Waals surface area contributed by atoms with Crippen LogP contribution in [-0.2, 0) is 20.7 Å². The molecule has 1 aliphatic heterocycles. The number of ketones is 1. The monoisotopic (exact) mass is 290 g/mol. The van der Waals surface area contributed by atoms with E-state index in [4.69, 9.17) is 9.47 Å². The van der Waals surface area contributed by atoms with Crippen LogP contribution in [0.25, 0.3) is 5.57 Å². The lowest BCUT2D eigenvalue weighted by Crippen LogP contribution is -2.24. The van der Waals surface area contributed by atoms with Crippen molar-refractivity contribution in [2.24, 2.45) is 0 Å². The van der Waals surface area contributed by atoms with Gasteiger partial charge < -0.3 is 9.47 Å². The van der Waals surface area contributed by atoms with Gasteiger partial charge in [-0.2, -0.15) is 0 Å². The third-order valence-corrected chi connectivity index (χ3v) is 4.57. The summed E-state index contributed by atoms with van der Waals surface area (Å²) >= 11 is 1.35. The molecule has 1 aromatic carbocycles. The van der Waals surface area contributed by atoms with Crippen LogP contribution in [0.3, 0.4) is 0 Å². The zero-order chi connectivity index (χ0) is 14.3. The van der Waals surface area contributed by atoms with E-state index in [9.17, 15) is 9.59 Å². The van der Waals surface area contributed by atoms with Crippen molar-refractivity contribution >= 4 is 29.1 Å². The number of allylic oxidation sites excluding steroid dienone is 1. The molecule has 0 radical (unpaired) electrons. The molecule has 0 bridgehead atoms. The first-order valence-electron chi connectivity index (χ1n) is 6.33. The fourth-order valence-electron chi connectivity index (χ4n) is 2.71. The SMILES string of the molecule is COc1cccc2c1C1=C(C2)C(=O)CSC1OC(C)=O. The predicted molar refractivity (Wildman–Crippen MR) is 76.6 cm³/mol. The van der Waals surface area contributed by atoms with Crippen LogP contribution in [0.5, 0.6) is 5.75 Å². The van der Waals surface area contributed by atoms with Gasteiger partial charge in [-0.15, -0.1) is 11.8 Å². The number of benzene rings is 1. The van der Waals surface area contributed by atoms with E-state index < -0.39 is 5.44 Å². The quantitative estimate of drug-likeness (QED) is 0.782. The van der Waals surface area contributed by atoms with Gasteiger partial charge in [-0.05, 0) is 11.6 Å². The van der Waals surface area contributed by atoms with Gasteiger partial charge in [0.15, 0.2) is 11.2 Å². The average molecular weight is 290 g/mol. The van der Waals surface area contributed by atoms with Gasteiger partial charge in [-0.1, -0.05) is 12.1 Å². The van der Waals surface area contributed by atoms with Gasteiger partial charge in [-0.25, -0.2) is 0 Å². The van der Waals surface area contributed by atoms with Gasteiger partial charge in [0.1, 0.15) is 5.75 Å². The average Bonchev–Trinajstić information content (AvgIpc) is 2.82. The van der Waals surface area contributed by atoms with Crippen molar-refractivity contribution in [2.45, 2.75) is 18.8 Å². The Kier molecular flexibility index (Phi) is 3.30. The lowest BCUT2D eigenvalue weighted by Gasteiger charge is -2.24. The minimum Gasteiger partial charge on any atom is -0.496 e. The number of Topliss-reactive ketones (excluding diaryl/α,β-unsaturated/α-hetero) is 1. The number of thioether (sulfide) groups is 1. The van der Waals surface area contributed by atoms with Gasteiger partial charge in [-0.3, -0.25) is 9.59 Å². The van der Waals surface area contributed by atoms with E-state index in [0.29, 0.717) is 12.2 Å².